The summed E-state index contributed by atoms with van der Waals surface area (Å²) in [7, 11) is 0. The summed E-state index contributed by atoms with van der Waals surface area (Å²) in [5, 5.41) is 10.2. The molecule has 4 rings (SSSR count). The maximum atomic E-state index is 11.7. The third-order valence-corrected chi connectivity index (χ3v) is 4.21. The zero-order valence-corrected chi connectivity index (χ0v) is 13.4. The number of rotatable bonds is 3. The van der Waals surface area contributed by atoms with Crippen LogP contribution in [0.15, 0.2) is 84.9 Å². The standard InChI is InChI=1S/C22H15NO2/c24-22(25)19-14-21(23-20-12-5-4-11-18(19)20)17-10-6-9-16(13-17)15-7-2-1-3-8-15/h1-14H,(H,24,25). The molecular weight excluding hydrogens is 310 g/mol. The number of hydrogen-bond donors (Lipinski definition) is 1. The van der Waals surface area contributed by atoms with Gasteiger partial charge in [0.15, 0.2) is 0 Å². The van der Waals surface area contributed by atoms with E-state index in [1.165, 1.54) is 0 Å². The molecule has 0 fully saturated rings. The van der Waals surface area contributed by atoms with Crippen LogP contribution in [-0.2, 0) is 0 Å². The molecule has 0 aliphatic heterocycles. The van der Waals surface area contributed by atoms with E-state index in [-0.39, 0.29) is 5.56 Å². The van der Waals surface area contributed by atoms with Crippen molar-refractivity contribution in [2.45, 2.75) is 0 Å². The lowest BCUT2D eigenvalue weighted by Gasteiger charge is -2.09. The SMILES string of the molecule is O=C(O)c1cc(-c2cccc(-c3ccccc3)c2)nc2ccccc12. The van der Waals surface area contributed by atoms with Crippen LogP contribution in [0, 0.1) is 0 Å². The maximum Gasteiger partial charge on any atom is 0.336 e. The number of aromatic carboxylic acids is 1. The second-order valence-corrected chi connectivity index (χ2v) is 5.82. The number of nitrogens with zero attached hydrogens (tertiary/aromatic N) is 1. The van der Waals surface area contributed by atoms with Crippen LogP contribution < -0.4 is 0 Å². The molecule has 3 nitrogen and oxygen atoms in total. The normalized spacial score (nSPS) is 10.7. The smallest absolute Gasteiger partial charge is 0.336 e. The highest BCUT2D eigenvalue weighted by Gasteiger charge is 2.13. The topological polar surface area (TPSA) is 50.2 Å². The van der Waals surface area contributed by atoms with Gasteiger partial charge >= 0.3 is 5.97 Å². The summed E-state index contributed by atoms with van der Waals surface area (Å²) in [6.07, 6.45) is 0. The van der Waals surface area contributed by atoms with Crippen LogP contribution in [0.25, 0.3) is 33.3 Å². The minimum absolute atomic E-state index is 0.269. The van der Waals surface area contributed by atoms with Crippen LogP contribution in [0.5, 0.6) is 0 Å². The van der Waals surface area contributed by atoms with E-state index < -0.39 is 5.97 Å². The highest BCUT2D eigenvalue weighted by Crippen LogP contribution is 2.28. The lowest BCUT2D eigenvalue weighted by Crippen LogP contribution is -2.00. The van der Waals surface area contributed by atoms with Crippen molar-refractivity contribution < 1.29 is 9.90 Å². The lowest BCUT2D eigenvalue weighted by molar-refractivity contribution is 0.0699. The lowest BCUT2D eigenvalue weighted by atomic mass is 10.00. The van der Waals surface area contributed by atoms with Crippen molar-refractivity contribution in [3.63, 3.8) is 0 Å². The van der Waals surface area contributed by atoms with Crippen LogP contribution in [-0.4, -0.2) is 16.1 Å². The van der Waals surface area contributed by atoms with E-state index in [1.807, 2.05) is 60.7 Å². The molecule has 0 saturated heterocycles. The molecule has 3 heteroatoms. The molecule has 0 bridgehead atoms. The Labute approximate surface area is 145 Å². The van der Waals surface area contributed by atoms with Gasteiger partial charge in [-0.3, -0.25) is 0 Å². The van der Waals surface area contributed by atoms with Crippen LogP contribution in [0.1, 0.15) is 10.4 Å². The van der Waals surface area contributed by atoms with Gasteiger partial charge in [-0.05, 0) is 29.3 Å². The first-order valence-corrected chi connectivity index (χ1v) is 8.01. The fourth-order valence-corrected chi connectivity index (χ4v) is 2.99. The van der Waals surface area contributed by atoms with E-state index >= 15 is 0 Å². The molecule has 0 atom stereocenters. The Morgan fingerprint density at radius 2 is 1.40 bits per heavy atom. The van der Waals surface area contributed by atoms with Crippen molar-refractivity contribution in [3.05, 3.63) is 90.5 Å². The molecule has 120 valence electrons. The van der Waals surface area contributed by atoms with Gasteiger partial charge in [-0.15, -0.1) is 0 Å². The zero-order chi connectivity index (χ0) is 17.2. The number of para-hydroxylation sites is 1. The Hall–Kier alpha value is -3.46. The molecule has 25 heavy (non-hydrogen) atoms. The highest BCUT2D eigenvalue weighted by molar-refractivity contribution is 6.03. The summed E-state index contributed by atoms with van der Waals surface area (Å²) in [6, 6.07) is 27.1. The number of hydrogen-bond acceptors (Lipinski definition) is 2. The Balaban J connectivity index is 1.89. The number of carbonyl (C=O) groups is 1. The second kappa shape index (κ2) is 6.21. The second-order valence-electron chi connectivity index (χ2n) is 5.82. The number of carboxylic acids is 1. The van der Waals surface area contributed by atoms with Gasteiger partial charge in [0.1, 0.15) is 0 Å². The van der Waals surface area contributed by atoms with Gasteiger partial charge in [-0.1, -0.05) is 66.7 Å². The van der Waals surface area contributed by atoms with Crippen molar-refractivity contribution in [2.24, 2.45) is 0 Å². The molecule has 0 spiro atoms. The van der Waals surface area contributed by atoms with E-state index in [4.69, 9.17) is 0 Å². The average molecular weight is 325 g/mol. The van der Waals surface area contributed by atoms with Gasteiger partial charge in [0.2, 0.25) is 0 Å². The molecule has 3 aromatic carbocycles. The van der Waals surface area contributed by atoms with Crippen molar-refractivity contribution in [1.29, 1.82) is 0 Å². The number of carboxylic acid groups (broad SMARTS) is 1. The van der Waals surface area contributed by atoms with Crippen LogP contribution in [0.3, 0.4) is 0 Å². The molecule has 4 aromatic rings. The Kier molecular flexibility index (Phi) is 3.75. The molecular formula is C22H15NO2. The van der Waals surface area contributed by atoms with Gasteiger partial charge in [-0.25, -0.2) is 9.78 Å². The third kappa shape index (κ3) is 2.88. The van der Waals surface area contributed by atoms with Gasteiger partial charge in [0.05, 0.1) is 16.8 Å². The largest absolute Gasteiger partial charge is 0.478 e. The molecule has 1 N–H and O–H groups in total. The summed E-state index contributed by atoms with van der Waals surface area (Å²) in [5.74, 6) is -0.945. The predicted molar refractivity (Wildman–Crippen MR) is 99.6 cm³/mol. The number of aromatic nitrogens is 1. The molecule has 0 unspecified atom stereocenters. The van der Waals surface area contributed by atoms with Crippen molar-refractivity contribution >= 4 is 16.9 Å². The summed E-state index contributed by atoms with van der Waals surface area (Å²) in [4.78, 5) is 16.3. The van der Waals surface area contributed by atoms with Crippen molar-refractivity contribution in [2.75, 3.05) is 0 Å². The molecule has 0 aliphatic rings. The van der Waals surface area contributed by atoms with Crippen molar-refractivity contribution in [3.8, 4) is 22.4 Å². The summed E-state index contributed by atoms with van der Waals surface area (Å²) in [5.41, 5.74) is 4.70. The first-order valence-electron chi connectivity index (χ1n) is 8.01. The first kappa shape index (κ1) is 15.1. The Morgan fingerprint density at radius 3 is 2.20 bits per heavy atom. The monoisotopic (exact) mass is 325 g/mol. The Morgan fingerprint density at radius 1 is 0.720 bits per heavy atom. The molecule has 0 saturated carbocycles. The van der Waals surface area contributed by atoms with E-state index in [2.05, 4.69) is 17.1 Å². The van der Waals surface area contributed by atoms with Crippen LogP contribution in [0.4, 0.5) is 0 Å². The summed E-state index contributed by atoms with van der Waals surface area (Å²) in [6.45, 7) is 0. The number of pyridine rings is 1. The van der Waals surface area contributed by atoms with E-state index in [9.17, 15) is 9.90 Å². The van der Waals surface area contributed by atoms with E-state index in [1.54, 1.807) is 12.1 Å². The highest BCUT2D eigenvalue weighted by atomic mass is 16.4. The van der Waals surface area contributed by atoms with Gasteiger partial charge in [0, 0.05) is 10.9 Å². The number of fused-ring (bicyclic) bond motifs is 1. The average Bonchev–Trinajstić information content (AvgIpc) is 2.68. The number of benzene rings is 3. The quantitative estimate of drug-likeness (QED) is 0.558. The van der Waals surface area contributed by atoms with Crippen LogP contribution in [0.2, 0.25) is 0 Å². The molecule has 1 aromatic heterocycles. The molecule has 0 amide bonds. The van der Waals surface area contributed by atoms with Gasteiger partial charge < -0.3 is 5.11 Å². The third-order valence-electron chi connectivity index (χ3n) is 4.21. The summed E-state index contributed by atoms with van der Waals surface area (Å²) < 4.78 is 0. The minimum Gasteiger partial charge on any atom is -0.478 e. The summed E-state index contributed by atoms with van der Waals surface area (Å²) >= 11 is 0. The Bertz CT molecular complexity index is 1070. The van der Waals surface area contributed by atoms with Crippen LogP contribution >= 0.6 is 0 Å². The molecule has 0 radical (unpaired) electrons. The fraction of sp³-hybridized carbons (Fsp3) is 0. The maximum absolute atomic E-state index is 11.7. The fourth-order valence-electron chi connectivity index (χ4n) is 2.99. The van der Waals surface area contributed by atoms with E-state index in [0.717, 1.165) is 16.7 Å². The zero-order valence-electron chi connectivity index (χ0n) is 13.4. The van der Waals surface area contributed by atoms with Gasteiger partial charge in [0.25, 0.3) is 0 Å². The molecule has 1 heterocycles. The predicted octanol–water partition coefficient (Wildman–Crippen LogP) is 5.27. The van der Waals surface area contributed by atoms with Gasteiger partial charge in [-0.2, -0.15) is 0 Å². The minimum atomic E-state index is -0.945. The molecule has 0 aliphatic carbocycles. The van der Waals surface area contributed by atoms with E-state index in [0.29, 0.717) is 16.6 Å². The van der Waals surface area contributed by atoms with Crippen molar-refractivity contribution in [1.82, 2.24) is 4.98 Å². The first-order chi connectivity index (χ1) is 12.2.